The maximum atomic E-state index is 9.32. The van der Waals surface area contributed by atoms with Crippen molar-refractivity contribution in [3.8, 4) is 0 Å². The van der Waals surface area contributed by atoms with Crippen molar-refractivity contribution in [2.75, 3.05) is 6.61 Å². The summed E-state index contributed by atoms with van der Waals surface area (Å²) >= 11 is 0. The summed E-state index contributed by atoms with van der Waals surface area (Å²) < 4.78 is 2.09. The van der Waals surface area contributed by atoms with Gasteiger partial charge in [0.15, 0.2) is 0 Å². The van der Waals surface area contributed by atoms with E-state index in [0.717, 1.165) is 28.8 Å². The van der Waals surface area contributed by atoms with Crippen LogP contribution in [0.3, 0.4) is 0 Å². The highest BCUT2D eigenvalue weighted by atomic mass is 16.3. The van der Waals surface area contributed by atoms with Gasteiger partial charge in [0.2, 0.25) is 0 Å². The molecule has 0 spiro atoms. The summed E-state index contributed by atoms with van der Waals surface area (Å²) in [7, 11) is 0. The molecule has 21 heavy (non-hydrogen) atoms. The Kier molecular flexibility index (Phi) is 3.99. The van der Waals surface area contributed by atoms with E-state index in [1.165, 1.54) is 5.56 Å². The Bertz CT molecular complexity index is 749. The topological polar surface area (TPSA) is 64.1 Å². The molecule has 0 unspecified atom stereocenters. The molecule has 0 aliphatic heterocycles. The van der Waals surface area contributed by atoms with Gasteiger partial charge in [0, 0.05) is 19.5 Å². The van der Waals surface area contributed by atoms with Crippen molar-refractivity contribution < 1.29 is 5.11 Å². The zero-order valence-electron chi connectivity index (χ0n) is 11.9. The van der Waals surface area contributed by atoms with Gasteiger partial charge in [-0.15, -0.1) is 0 Å². The molecule has 0 amide bonds. The second-order valence-electron chi connectivity index (χ2n) is 5.04. The van der Waals surface area contributed by atoms with Gasteiger partial charge in [0.05, 0.1) is 17.6 Å². The molecule has 1 aromatic heterocycles. The van der Waals surface area contributed by atoms with Gasteiger partial charge in [0.1, 0.15) is 5.82 Å². The maximum Gasteiger partial charge on any atom is 0.114 e. The number of aliphatic hydroxyl groups is 1. The fourth-order valence-corrected chi connectivity index (χ4v) is 2.71. The third kappa shape index (κ3) is 2.68. The Morgan fingerprint density at radius 1 is 1.00 bits per heavy atom. The molecule has 0 saturated carbocycles. The van der Waals surface area contributed by atoms with Crippen molar-refractivity contribution in [3.05, 3.63) is 65.5 Å². The summed E-state index contributed by atoms with van der Waals surface area (Å²) in [4.78, 5) is 4.71. The molecule has 0 aliphatic rings. The van der Waals surface area contributed by atoms with Gasteiger partial charge < -0.3 is 15.4 Å². The van der Waals surface area contributed by atoms with Gasteiger partial charge in [-0.2, -0.15) is 0 Å². The van der Waals surface area contributed by atoms with E-state index in [-0.39, 0.29) is 6.61 Å². The molecule has 4 heteroatoms. The Morgan fingerprint density at radius 3 is 2.48 bits per heavy atom. The van der Waals surface area contributed by atoms with Gasteiger partial charge in [-0.3, -0.25) is 0 Å². The molecule has 0 aliphatic carbocycles. The maximum absolute atomic E-state index is 9.32. The molecule has 2 aromatic carbocycles. The molecule has 1 heterocycles. The summed E-state index contributed by atoms with van der Waals surface area (Å²) in [6.45, 7) is 1.18. The molecule has 0 radical (unpaired) electrons. The smallest absolute Gasteiger partial charge is 0.114 e. The van der Waals surface area contributed by atoms with Crippen molar-refractivity contribution >= 4 is 11.0 Å². The largest absolute Gasteiger partial charge is 0.395 e. The summed E-state index contributed by atoms with van der Waals surface area (Å²) in [5.41, 5.74) is 10.2. The summed E-state index contributed by atoms with van der Waals surface area (Å²) in [6, 6.07) is 16.2. The highest BCUT2D eigenvalue weighted by Gasteiger charge is 2.11. The van der Waals surface area contributed by atoms with Gasteiger partial charge >= 0.3 is 0 Å². The van der Waals surface area contributed by atoms with E-state index in [0.29, 0.717) is 13.1 Å². The van der Waals surface area contributed by atoms with Crippen LogP contribution in [0.15, 0.2) is 48.5 Å². The van der Waals surface area contributed by atoms with E-state index >= 15 is 0 Å². The predicted octanol–water partition coefficient (Wildman–Crippen LogP) is 2.08. The molecular formula is C17H19N3O. The first kappa shape index (κ1) is 13.8. The van der Waals surface area contributed by atoms with E-state index in [1.54, 1.807) is 0 Å². The summed E-state index contributed by atoms with van der Waals surface area (Å²) in [5.74, 6) is 0.964. The Hall–Kier alpha value is -2.17. The van der Waals surface area contributed by atoms with Gasteiger partial charge in [-0.25, -0.2) is 4.98 Å². The Balaban J connectivity index is 2.05. The number of aliphatic hydroxyl groups excluding tert-OH is 1. The molecule has 3 N–H and O–H groups in total. The number of nitrogens with zero attached hydrogens (tertiary/aromatic N) is 2. The second kappa shape index (κ2) is 6.08. The van der Waals surface area contributed by atoms with E-state index in [9.17, 15) is 5.11 Å². The van der Waals surface area contributed by atoms with Gasteiger partial charge in [-0.1, -0.05) is 36.4 Å². The standard InChI is InChI=1S/C17H19N3O/c18-12-14-6-2-1-5-13(14)11-17-19-15-7-3-4-8-16(15)20(17)9-10-21/h1-8,21H,9-12,18H2. The van der Waals surface area contributed by atoms with Gasteiger partial charge in [0.25, 0.3) is 0 Å². The average molecular weight is 281 g/mol. The number of nitrogens with two attached hydrogens (primary N) is 1. The quantitative estimate of drug-likeness (QED) is 0.752. The van der Waals surface area contributed by atoms with Crippen LogP contribution in [-0.4, -0.2) is 21.3 Å². The molecule has 108 valence electrons. The first-order chi connectivity index (χ1) is 10.3. The lowest BCUT2D eigenvalue weighted by Gasteiger charge is -2.10. The summed E-state index contributed by atoms with van der Waals surface area (Å²) in [5, 5.41) is 9.32. The minimum absolute atomic E-state index is 0.103. The number of para-hydroxylation sites is 2. The molecule has 4 nitrogen and oxygen atoms in total. The first-order valence-electron chi connectivity index (χ1n) is 7.15. The van der Waals surface area contributed by atoms with Crippen molar-refractivity contribution in [2.24, 2.45) is 5.73 Å². The second-order valence-corrected chi connectivity index (χ2v) is 5.04. The number of rotatable bonds is 5. The number of fused-ring (bicyclic) bond motifs is 1. The lowest BCUT2D eigenvalue weighted by Crippen LogP contribution is -2.09. The monoisotopic (exact) mass is 281 g/mol. The van der Waals surface area contributed by atoms with Crippen molar-refractivity contribution in [2.45, 2.75) is 19.5 Å². The molecule has 3 aromatic rings. The van der Waals surface area contributed by atoms with Crippen LogP contribution in [0.5, 0.6) is 0 Å². The zero-order valence-corrected chi connectivity index (χ0v) is 11.9. The van der Waals surface area contributed by atoms with E-state index in [2.05, 4.69) is 10.6 Å². The fourth-order valence-electron chi connectivity index (χ4n) is 2.71. The Morgan fingerprint density at radius 2 is 1.71 bits per heavy atom. The lowest BCUT2D eigenvalue weighted by atomic mass is 10.0. The van der Waals surface area contributed by atoms with Gasteiger partial charge in [-0.05, 0) is 23.3 Å². The first-order valence-corrected chi connectivity index (χ1v) is 7.15. The molecule has 0 fully saturated rings. The number of imidazole rings is 1. The fraction of sp³-hybridized carbons (Fsp3) is 0.235. The van der Waals surface area contributed by atoms with Crippen LogP contribution in [0.1, 0.15) is 17.0 Å². The Labute approximate surface area is 123 Å². The predicted molar refractivity (Wildman–Crippen MR) is 84.0 cm³/mol. The number of benzene rings is 2. The third-order valence-corrected chi connectivity index (χ3v) is 3.74. The lowest BCUT2D eigenvalue weighted by molar-refractivity contribution is 0.276. The van der Waals surface area contributed by atoms with E-state index in [4.69, 9.17) is 10.7 Å². The minimum Gasteiger partial charge on any atom is -0.395 e. The average Bonchev–Trinajstić information content (AvgIpc) is 2.86. The van der Waals surface area contributed by atoms with Crippen LogP contribution in [0, 0.1) is 0 Å². The van der Waals surface area contributed by atoms with Crippen LogP contribution in [-0.2, 0) is 19.5 Å². The SMILES string of the molecule is NCc1ccccc1Cc1nc2ccccc2n1CCO. The van der Waals surface area contributed by atoms with E-state index in [1.807, 2.05) is 42.5 Å². The number of hydrogen-bond donors (Lipinski definition) is 2. The molecule has 0 saturated heterocycles. The van der Waals surface area contributed by atoms with Crippen LogP contribution in [0.25, 0.3) is 11.0 Å². The third-order valence-electron chi connectivity index (χ3n) is 3.74. The van der Waals surface area contributed by atoms with Crippen molar-refractivity contribution in [1.29, 1.82) is 0 Å². The van der Waals surface area contributed by atoms with Crippen LogP contribution < -0.4 is 5.73 Å². The highest BCUT2D eigenvalue weighted by Crippen LogP contribution is 2.20. The van der Waals surface area contributed by atoms with E-state index < -0.39 is 0 Å². The van der Waals surface area contributed by atoms with Crippen molar-refractivity contribution in [3.63, 3.8) is 0 Å². The van der Waals surface area contributed by atoms with Crippen molar-refractivity contribution in [1.82, 2.24) is 9.55 Å². The summed E-state index contributed by atoms with van der Waals surface area (Å²) in [6.07, 6.45) is 0.724. The van der Waals surface area contributed by atoms with Crippen LogP contribution >= 0.6 is 0 Å². The normalized spacial score (nSPS) is 11.1. The van der Waals surface area contributed by atoms with Crippen LogP contribution in [0.2, 0.25) is 0 Å². The van der Waals surface area contributed by atoms with Crippen LogP contribution in [0.4, 0.5) is 0 Å². The molecule has 0 atom stereocenters. The zero-order chi connectivity index (χ0) is 14.7. The highest BCUT2D eigenvalue weighted by molar-refractivity contribution is 5.76. The minimum atomic E-state index is 0.103. The molecule has 3 rings (SSSR count). The molecular weight excluding hydrogens is 262 g/mol. The number of hydrogen-bond acceptors (Lipinski definition) is 3. The molecule has 0 bridgehead atoms. The number of aromatic nitrogens is 2.